The van der Waals surface area contributed by atoms with E-state index in [0.717, 1.165) is 6.07 Å². The van der Waals surface area contributed by atoms with Crippen LogP contribution in [0.3, 0.4) is 0 Å². The Morgan fingerprint density at radius 3 is 2.36 bits per heavy atom. The van der Waals surface area contributed by atoms with E-state index in [1.165, 1.54) is 11.0 Å². The summed E-state index contributed by atoms with van der Waals surface area (Å²) in [7, 11) is 0. The summed E-state index contributed by atoms with van der Waals surface area (Å²) < 4.78 is 5.43. The second-order valence-electron chi connectivity index (χ2n) is 6.38. The van der Waals surface area contributed by atoms with Gasteiger partial charge in [-0.05, 0) is 19.4 Å². The highest BCUT2D eigenvalue weighted by atomic mass is 16.4. The maximum atomic E-state index is 12.6. The lowest BCUT2D eigenvalue weighted by Gasteiger charge is -2.35. The van der Waals surface area contributed by atoms with Crippen molar-refractivity contribution in [2.75, 3.05) is 11.4 Å². The first kappa shape index (κ1) is 19.3. The average Bonchev–Trinajstić information content (AvgIpc) is 2.64. The van der Waals surface area contributed by atoms with Gasteiger partial charge in [0, 0.05) is 18.2 Å². The summed E-state index contributed by atoms with van der Waals surface area (Å²) in [4.78, 5) is 61.6. The molecule has 0 spiro atoms. The number of anilines is 1. The molecule has 2 heterocycles. The molecule has 146 valence electrons. The van der Waals surface area contributed by atoms with Crippen LogP contribution in [0.1, 0.15) is 46.7 Å². The van der Waals surface area contributed by atoms with E-state index in [0.29, 0.717) is 12.0 Å². The van der Waals surface area contributed by atoms with Crippen molar-refractivity contribution in [3.8, 4) is 0 Å². The molecule has 2 aromatic rings. The minimum atomic E-state index is -1.69. The lowest BCUT2D eigenvalue weighted by atomic mass is 9.88. The number of nitrogens with zero attached hydrogens (tertiary/aromatic N) is 1. The highest BCUT2D eigenvalue weighted by molar-refractivity contribution is 6.51. The van der Waals surface area contributed by atoms with Crippen LogP contribution in [0.15, 0.2) is 21.3 Å². The Morgan fingerprint density at radius 2 is 1.82 bits per heavy atom. The average molecular weight is 387 g/mol. The number of aliphatic carboxylic acids is 1. The summed E-state index contributed by atoms with van der Waals surface area (Å²) in [6.07, 6.45) is 0.833. The summed E-state index contributed by atoms with van der Waals surface area (Å²) in [5.41, 5.74) is -0.225. The van der Waals surface area contributed by atoms with Crippen LogP contribution in [-0.2, 0) is 16.0 Å². The second kappa shape index (κ2) is 6.91. The van der Waals surface area contributed by atoms with Crippen LogP contribution >= 0.6 is 0 Å². The zero-order valence-electron chi connectivity index (χ0n) is 15.1. The summed E-state index contributed by atoms with van der Waals surface area (Å²) in [5, 5.41) is 18.7. The molecular formula is C19H17NO8. The molecule has 0 saturated heterocycles. The number of benzene rings is 1. The fraction of sp³-hybridized carbons (Fsp3) is 0.316. The monoisotopic (exact) mass is 387 g/mol. The maximum Gasteiger partial charge on any atom is 0.371 e. The molecule has 0 fully saturated rings. The summed E-state index contributed by atoms with van der Waals surface area (Å²) in [6.45, 7) is 3.56. The van der Waals surface area contributed by atoms with E-state index in [9.17, 15) is 34.2 Å². The van der Waals surface area contributed by atoms with Gasteiger partial charge in [0.25, 0.3) is 0 Å². The van der Waals surface area contributed by atoms with Crippen LogP contribution in [-0.4, -0.2) is 46.3 Å². The fourth-order valence-corrected chi connectivity index (χ4v) is 3.55. The van der Waals surface area contributed by atoms with Gasteiger partial charge >= 0.3 is 11.9 Å². The number of Topliss-reactive ketones (excluding diaryl/α,β-unsaturated/α-hetero) is 2. The molecule has 2 N–H and O–H groups in total. The van der Waals surface area contributed by atoms with Crippen LogP contribution in [0, 0.1) is 0 Å². The van der Waals surface area contributed by atoms with Crippen molar-refractivity contribution in [2.45, 2.75) is 32.7 Å². The zero-order chi connectivity index (χ0) is 20.7. The molecule has 9 heteroatoms. The number of hydrogen-bond donors (Lipinski definition) is 2. The molecule has 1 aliphatic heterocycles. The highest BCUT2D eigenvalue weighted by Gasteiger charge is 2.44. The Hall–Kier alpha value is -3.49. The molecule has 0 radical (unpaired) electrons. The topological polar surface area (TPSA) is 142 Å². The number of carboxylic acids is 2. The molecule has 1 unspecified atom stereocenters. The van der Waals surface area contributed by atoms with Gasteiger partial charge in [0.15, 0.2) is 11.5 Å². The van der Waals surface area contributed by atoms with Gasteiger partial charge in [-0.1, -0.05) is 13.3 Å². The van der Waals surface area contributed by atoms with Crippen molar-refractivity contribution >= 4 is 40.2 Å². The van der Waals surface area contributed by atoms with E-state index in [2.05, 4.69) is 0 Å². The predicted octanol–water partition coefficient (Wildman–Crippen LogP) is 1.49. The number of ketones is 2. The van der Waals surface area contributed by atoms with Crippen molar-refractivity contribution in [3.05, 3.63) is 39.2 Å². The van der Waals surface area contributed by atoms with Crippen LogP contribution < -0.4 is 10.3 Å². The number of carbonyl (C=O) groups is 4. The highest BCUT2D eigenvalue weighted by Crippen LogP contribution is 2.38. The smallest absolute Gasteiger partial charge is 0.371 e. The number of likely N-dealkylation sites (N-methyl/N-ethyl adjacent to an activating group) is 1. The third-order valence-corrected chi connectivity index (χ3v) is 4.69. The van der Waals surface area contributed by atoms with Crippen LogP contribution in [0.5, 0.6) is 0 Å². The fourth-order valence-electron chi connectivity index (χ4n) is 3.55. The SMILES string of the molecule is CCCc1c2c(cc3c(=O)cc(C(=O)O)oc13)C(=O)C(=O)C(C(=O)O)N2CC. The van der Waals surface area contributed by atoms with Gasteiger partial charge in [-0.25, -0.2) is 9.59 Å². The van der Waals surface area contributed by atoms with Crippen LogP contribution in [0.4, 0.5) is 5.69 Å². The normalized spacial score (nSPS) is 16.4. The van der Waals surface area contributed by atoms with E-state index in [1.54, 1.807) is 6.92 Å². The van der Waals surface area contributed by atoms with E-state index in [1.807, 2.05) is 6.92 Å². The van der Waals surface area contributed by atoms with Gasteiger partial charge in [0.05, 0.1) is 16.6 Å². The number of fused-ring (bicyclic) bond motifs is 2. The number of rotatable bonds is 5. The summed E-state index contributed by atoms with van der Waals surface area (Å²) in [6, 6.07) is 0.300. The Labute approximate surface area is 158 Å². The zero-order valence-corrected chi connectivity index (χ0v) is 15.1. The molecule has 0 amide bonds. The molecule has 1 aromatic heterocycles. The van der Waals surface area contributed by atoms with Crippen molar-refractivity contribution < 1.29 is 33.8 Å². The van der Waals surface area contributed by atoms with Crippen molar-refractivity contribution in [1.82, 2.24) is 0 Å². The Balaban J connectivity index is 2.49. The molecule has 0 saturated carbocycles. The van der Waals surface area contributed by atoms with E-state index in [-0.39, 0.29) is 35.2 Å². The quantitative estimate of drug-likeness (QED) is 0.576. The maximum absolute atomic E-state index is 12.6. The largest absolute Gasteiger partial charge is 0.479 e. The number of hydrogen-bond acceptors (Lipinski definition) is 7. The Morgan fingerprint density at radius 1 is 1.14 bits per heavy atom. The standard InChI is InChI=1S/C19H17NO8/c1-3-5-8-13-10(15(22)16(23)14(19(26)27)20(13)4-2)6-9-11(21)7-12(18(24)25)28-17(8)9/h6-7,14H,3-5H2,1-2H3,(H,24,25)(H,26,27). The molecular weight excluding hydrogens is 370 g/mol. The molecule has 1 aliphatic rings. The predicted molar refractivity (Wildman–Crippen MR) is 97.2 cm³/mol. The third kappa shape index (κ3) is 2.75. The van der Waals surface area contributed by atoms with Crippen LogP contribution in [0.2, 0.25) is 0 Å². The summed E-state index contributed by atoms with van der Waals surface area (Å²) in [5.74, 6) is -5.54. The number of aromatic carboxylic acids is 1. The van der Waals surface area contributed by atoms with Crippen molar-refractivity contribution in [1.29, 1.82) is 0 Å². The van der Waals surface area contributed by atoms with Gasteiger partial charge < -0.3 is 19.5 Å². The van der Waals surface area contributed by atoms with Gasteiger partial charge in [0.1, 0.15) is 5.58 Å². The minimum Gasteiger partial charge on any atom is -0.479 e. The van der Waals surface area contributed by atoms with E-state index < -0.39 is 40.7 Å². The third-order valence-electron chi connectivity index (χ3n) is 4.69. The molecule has 9 nitrogen and oxygen atoms in total. The first-order chi connectivity index (χ1) is 13.2. The molecule has 3 rings (SSSR count). The lowest BCUT2D eigenvalue weighted by Crippen LogP contribution is -2.53. The van der Waals surface area contributed by atoms with Crippen molar-refractivity contribution in [3.63, 3.8) is 0 Å². The van der Waals surface area contributed by atoms with Gasteiger partial charge in [-0.3, -0.25) is 14.4 Å². The molecule has 28 heavy (non-hydrogen) atoms. The van der Waals surface area contributed by atoms with Gasteiger partial charge in [-0.2, -0.15) is 0 Å². The number of carboxylic acid groups (broad SMARTS) is 2. The second-order valence-corrected chi connectivity index (χ2v) is 6.38. The van der Waals surface area contributed by atoms with Crippen molar-refractivity contribution in [2.24, 2.45) is 0 Å². The first-order valence-electron chi connectivity index (χ1n) is 8.67. The van der Waals surface area contributed by atoms with Gasteiger partial charge in [0.2, 0.25) is 17.3 Å². The summed E-state index contributed by atoms with van der Waals surface area (Å²) >= 11 is 0. The van der Waals surface area contributed by atoms with Gasteiger partial charge in [-0.15, -0.1) is 0 Å². The Bertz CT molecular complexity index is 1100. The molecule has 0 aliphatic carbocycles. The van der Waals surface area contributed by atoms with Crippen LogP contribution in [0.25, 0.3) is 11.0 Å². The Kier molecular flexibility index (Phi) is 4.76. The molecule has 1 aromatic carbocycles. The lowest BCUT2D eigenvalue weighted by molar-refractivity contribution is -0.141. The molecule has 1 atom stereocenters. The van der Waals surface area contributed by atoms with E-state index >= 15 is 0 Å². The molecule has 0 bridgehead atoms. The van der Waals surface area contributed by atoms with E-state index in [4.69, 9.17) is 4.42 Å². The number of aryl methyl sites for hydroxylation is 1. The minimum absolute atomic E-state index is 0.0183. The first-order valence-corrected chi connectivity index (χ1v) is 8.67. The number of carbonyl (C=O) groups excluding carboxylic acids is 2.